The highest BCUT2D eigenvalue weighted by atomic mass is 32.2. The zero-order chi connectivity index (χ0) is 14.9. The molecule has 0 unspecified atom stereocenters. The van der Waals surface area contributed by atoms with Gasteiger partial charge in [0, 0.05) is 24.4 Å². The van der Waals surface area contributed by atoms with Crippen LogP contribution >= 0.6 is 0 Å². The number of hydrogen-bond donors (Lipinski definition) is 0. The number of benzene rings is 1. The number of sulfone groups is 1. The monoisotopic (exact) mass is 295 g/mol. The van der Waals surface area contributed by atoms with Gasteiger partial charge in [-0.25, -0.2) is 8.42 Å². The number of non-ortho nitro benzene ring substituents is 1. The molecule has 0 N–H and O–H groups in total. The summed E-state index contributed by atoms with van der Waals surface area (Å²) in [5.41, 5.74) is -0.156. The van der Waals surface area contributed by atoms with Crippen molar-refractivity contribution in [1.29, 1.82) is 0 Å². The summed E-state index contributed by atoms with van der Waals surface area (Å²) < 4.78 is 26.2. The van der Waals surface area contributed by atoms with Crippen LogP contribution in [-0.4, -0.2) is 23.1 Å². The fourth-order valence-corrected chi connectivity index (χ4v) is 2.80. The van der Waals surface area contributed by atoms with Crippen molar-refractivity contribution in [2.75, 3.05) is 0 Å². The van der Waals surface area contributed by atoms with Crippen LogP contribution in [0.15, 0.2) is 46.5 Å². The van der Waals surface area contributed by atoms with Crippen molar-refractivity contribution in [1.82, 2.24) is 9.78 Å². The van der Waals surface area contributed by atoms with Crippen LogP contribution in [0.1, 0.15) is 19.9 Å². The molecule has 20 heavy (non-hydrogen) atoms. The van der Waals surface area contributed by atoms with E-state index in [-0.39, 0.29) is 21.7 Å². The second-order valence-electron chi connectivity index (χ2n) is 4.48. The highest BCUT2D eigenvalue weighted by Crippen LogP contribution is 2.22. The van der Waals surface area contributed by atoms with Crippen LogP contribution in [0.25, 0.3) is 0 Å². The Kier molecular flexibility index (Phi) is 3.58. The fourth-order valence-electron chi connectivity index (χ4n) is 1.62. The number of hydrogen-bond acceptors (Lipinski definition) is 5. The molecule has 8 heteroatoms. The van der Waals surface area contributed by atoms with Gasteiger partial charge in [-0.3, -0.25) is 14.8 Å². The van der Waals surface area contributed by atoms with Gasteiger partial charge in [0.05, 0.1) is 9.82 Å². The molecule has 7 nitrogen and oxygen atoms in total. The molecule has 1 aromatic carbocycles. The summed E-state index contributed by atoms with van der Waals surface area (Å²) in [7, 11) is -3.75. The van der Waals surface area contributed by atoms with Crippen LogP contribution in [0.2, 0.25) is 0 Å². The average molecular weight is 295 g/mol. The molecule has 0 radical (unpaired) electrons. The van der Waals surface area contributed by atoms with Crippen molar-refractivity contribution in [3.63, 3.8) is 0 Å². The number of nitro benzene ring substituents is 1. The summed E-state index contributed by atoms with van der Waals surface area (Å²) >= 11 is 0. The van der Waals surface area contributed by atoms with Crippen LogP contribution in [0.5, 0.6) is 0 Å². The van der Waals surface area contributed by atoms with E-state index in [0.717, 1.165) is 12.1 Å². The molecular formula is C12H13N3O4S. The number of nitrogens with zero attached hydrogens (tertiary/aromatic N) is 3. The second kappa shape index (κ2) is 5.04. The summed E-state index contributed by atoms with van der Waals surface area (Å²) in [4.78, 5) is 9.95. The van der Waals surface area contributed by atoms with Gasteiger partial charge in [-0.2, -0.15) is 5.10 Å². The highest BCUT2D eigenvalue weighted by molar-refractivity contribution is 7.91. The second-order valence-corrected chi connectivity index (χ2v) is 6.38. The van der Waals surface area contributed by atoms with E-state index in [9.17, 15) is 18.5 Å². The van der Waals surface area contributed by atoms with Gasteiger partial charge in [0.25, 0.3) is 5.69 Å². The molecule has 106 valence electrons. The molecule has 0 bridgehead atoms. The average Bonchev–Trinajstić information content (AvgIpc) is 2.89. The fraction of sp³-hybridized carbons (Fsp3) is 0.250. The van der Waals surface area contributed by atoms with Gasteiger partial charge in [0.1, 0.15) is 0 Å². The molecule has 0 atom stereocenters. The van der Waals surface area contributed by atoms with Crippen LogP contribution in [-0.2, 0) is 9.84 Å². The summed E-state index contributed by atoms with van der Waals surface area (Å²) in [6, 6.07) is 6.20. The molecule has 1 heterocycles. The Morgan fingerprint density at radius 3 is 2.25 bits per heavy atom. The smallest absolute Gasteiger partial charge is 0.269 e. The van der Waals surface area contributed by atoms with Crippen molar-refractivity contribution in [2.24, 2.45) is 0 Å². The van der Waals surface area contributed by atoms with Crippen molar-refractivity contribution in [3.05, 3.63) is 46.6 Å². The van der Waals surface area contributed by atoms with E-state index >= 15 is 0 Å². The van der Waals surface area contributed by atoms with E-state index in [2.05, 4.69) is 5.10 Å². The molecule has 2 rings (SSSR count). The van der Waals surface area contributed by atoms with E-state index < -0.39 is 14.8 Å². The van der Waals surface area contributed by atoms with Gasteiger partial charge in [0.15, 0.2) is 5.03 Å². The molecular weight excluding hydrogens is 282 g/mol. The molecule has 0 aliphatic rings. The van der Waals surface area contributed by atoms with E-state index in [1.54, 1.807) is 6.20 Å². The Labute approximate surface area is 115 Å². The molecule has 2 aromatic rings. The van der Waals surface area contributed by atoms with Crippen LogP contribution in [0, 0.1) is 10.1 Å². The Bertz CT molecular complexity index is 732. The zero-order valence-corrected chi connectivity index (χ0v) is 11.7. The zero-order valence-electron chi connectivity index (χ0n) is 10.9. The Hall–Kier alpha value is -2.22. The predicted octanol–water partition coefficient (Wildman–Crippen LogP) is 2.21. The molecule has 0 amide bonds. The minimum absolute atomic E-state index is 0.0166. The normalized spacial score (nSPS) is 11.8. The van der Waals surface area contributed by atoms with Crippen molar-refractivity contribution < 1.29 is 13.3 Å². The standard InChI is InChI=1S/C12H13N3O4S/c1-9(2)14-8-7-12(13-14)20(18,19)11-5-3-10(4-6-11)15(16)17/h3-9H,1-2H3. The first-order chi connectivity index (χ1) is 9.32. The van der Waals surface area contributed by atoms with Crippen LogP contribution in [0.4, 0.5) is 5.69 Å². The lowest BCUT2D eigenvalue weighted by Crippen LogP contribution is -2.06. The number of rotatable bonds is 4. The number of aromatic nitrogens is 2. The Morgan fingerprint density at radius 1 is 1.20 bits per heavy atom. The van der Waals surface area contributed by atoms with E-state index in [4.69, 9.17) is 0 Å². The molecule has 0 saturated heterocycles. The molecule has 0 fully saturated rings. The van der Waals surface area contributed by atoms with Crippen LogP contribution < -0.4 is 0 Å². The van der Waals surface area contributed by atoms with Crippen molar-refractivity contribution in [3.8, 4) is 0 Å². The third kappa shape index (κ3) is 2.55. The third-order valence-corrected chi connectivity index (χ3v) is 4.41. The van der Waals surface area contributed by atoms with Gasteiger partial charge >= 0.3 is 0 Å². The van der Waals surface area contributed by atoms with Gasteiger partial charge in [-0.05, 0) is 32.0 Å². The largest absolute Gasteiger partial charge is 0.269 e. The minimum atomic E-state index is -3.75. The molecule has 0 spiro atoms. The van der Waals surface area contributed by atoms with E-state index in [1.165, 1.54) is 22.9 Å². The number of nitro groups is 1. The van der Waals surface area contributed by atoms with Crippen molar-refractivity contribution >= 4 is 15.5 Å². The lowest BCUT2D eigenvalue weighted by atomic mass is 10.3. The lowest BCUT2D eigenvalue weighted by molar-refractivity contribution is -0.384. The lowest BCUT2D eigenvalue weighted by Gasteiger charge is -2.04. The summed E-state index contributed by atoms with van der Waals surface area (Å²) in [6.45, 7) is 3.77. The van der Waals surface area contributed by atoms with Gasteiger partial charge in [-0.15, -0.1) is 0 Å². The maximum Gasteiger partial charge on any atom is 0.269 e. The SMILES string of the molecule is CC(C)n1ccc(S(=O)(=O)c2ccc([N+](=O)[O-])cc2)n1. The molecule has 0 aliphatic carbocycles. The quantitative estimate of drug-likeness (QED) is 0.636. The molecule has 0 aliphatic heterocycles. The highest BCUT2D eigenvalue weighted by Gasteiger charge is 2.22. The van der Waals surface area contributed by atoms with Gasteiger partial charge in [-0.1, -0.05) is 0 Å². The van der Waals surface area contributed by atoms with Crippen molar-refractivity contribution in [2.45, 2.75) is 29.8 Å². The van der Waals surface area contributed by atoms with Gasteiger partial charge < -0.3 is 0 Å². The van der Waals surface area contributed by atoms with E-state index in [1.807, 2.05) is 13.8 Å². The maximum atomic E-state index is 12.3. The Morgan fingerprint density at radius 2 is 1.80 bits per heavy atom. The van der Waals surface area contributed by atoms with Gasteiger partial charge in [0.2, 0.25) is 9.84 Å². The predicted molar refractivity (Wildman–Crippen MR) is 71.2 cm³/mol. The van der Waals surface area contributed by atoms with Crippen LogP contribution in [0.3, 0.4) is 0 Å². The molecule has 0 saturated carbocycles. The topological polar surface area (TPSA) is 95.1 Å². The first kappa shape index (κ1) is 14.2. The first-order valence-corrected chi connectivity index (χ1v) is 7.35. The third-order valence-electron chi connectivity index (χ3n) is 2.75. The van der Waals surface area contributed by atoms with E-state index in [0.29, 0.717) is 0 Å². The Balaban J connectivity index is 2.41. The first-order valence-electron chi connectivity index (χ1n) is 5.87. The maximum absolute atomic E-state index is 12.3. The summed E-state index contributed by atoms with van der Waals surface area (Å²) in [5, 5.41) is 14.5. The summed E-state index contributed by atoms with van der Waals surface area (Å²) in [5.74, 6) is 0. The summed E-state index contributed by atoms with van der Waals surface area (Å²) in [6.07, 6.45) is 1.59. The molecule has 1 aromatic heterocycles. The minimum Gasteiger partial charge on any atom is -0.269 e.